The van der Waals surface area contributed by atoms with Crippen molar-refractivity contribution in [2.75, 3.05) is 6.26 Å². The third kappa shape index (κ3) is 3.07. The van der Waals surface area contributed by atoms with Crippen LogP contribution in [-0.4, -0.2) is 11.4 Å². The Hall–Kier alpha value is -1.81. The number of rotatable bonds is 3. The second kappa shape index (κ2) is 5.50. The van der Waals surface area contributed by atoms with Gasteiger partial charge in [-0.15, -0.1) is 16.9 Å². The molecule has 0 bridgehead atoms. The van der Waals surface area contributed by atoms with Gasteiger partial charge in [0.1, 0.15) is 11.4 Å². The van der Waals surface area contributed by atoms with Gasteiger partial charge in [-0.05, 0) is 36.6 Å². The largest absolute Gasteiger partial charge is 0.506 e. The van der Waals surface area contributed by atoms with E-state index in [0.29, 0.717) is 5.69 Å². The zero-order valence-electron chi connectivity index (χ0n) is 9.37. The lowest BCUT2D eigenvalue weighted by molar-refractivity contribution is 0.476. The molecule has 0 spiro atoms. The Balaban J connectivity index is 2.26. The predicted molar refractivity (Wildman–Crippen MR) is 70.5 cm³/mol. The van der Waals surface area contributed by atoms with Crippen LogP contribution in [0.5, 0.6) is 5.75 Å². The Labute approximate surface area is 104 Å². The van der Waals surface area contributed by atoms with Gasteiger partial charge in [0, 0.05) is 4.90 Å². The molecule has 0 aromatic heterocycles. The summed E-state index contributed by atoms with van der Waals surface area (Å²) in [4.78, 5) is 1.05. The van der Waals surface area contributed by atoms with Gasteiger partial charge >= 0.3 is 0 Å². The third-order valence-electron chi connectivity index (χ3n) is 2.21. The van der Waals surface area contributed by atoms with Gasteiger partial charge in [0.2, 0.25) is 0 Å². The fourth-order valence-electron chi connectivity index (χ4n) is 1.32. The maximum absolute atomic E-state index is 9.65. The van der Waals surface area contributed by atoms with Crippen molar-refractivity contribution in [2.24, 2.45) is 10.2 Å². The second-order valence-corrected chi connectivity index (χ2v) is 4.27. The number of nitrogens with zero attached hydrogens (tertiary/aromatic N) is 2. The van der Waals surface area contributed by atoms with Crippen LogP contribution in [0.2, 0.25) is 0 Å². The molecule has 0 aliphatic carbocycles. The van der Waals surface area contributed by atoms with Crippen molar-refractivity contribution >= 4 is 23.1 Å². The number of hydrogen-bond donors (Lipinski definition) is 1. The first-order chi connectivity index (χ1) is 8.29. The highest BCUT2D eigenvalue weighted by atomic mass is 32.2. The summed E-state index contributed by atoms with van der Waals surface area (Å²) in [7, 11) is 0. The van der Waals surface area contributed by atoms with Crippen LogP contribution < -0.4 is 0 Å². The molecular weight excluding hydrogens is 232 g/mol. The number of azo groups is 1. The van der Waals surface area contributed by atoms with Gasteiger partial charge in [0.25, 0.3) is 0 Å². The lowest BCUT2D eigenvalue weighted by atomic mass is 10.3. The molecule has 2 aromatic carbocycles. The van der Waals surface area contributed by atoms with E-state index in [-0.39, 0.29) is 5.75 Å². The van der Waals surface area contributed by atoms with Gasteiger partial charge in [-0.2, -0.15) is 5.11 Å². The molecule has 0 saturated carbocycles. The highest BCUT2D eigenvalue weighted by Crippen LogP contribution is 2.31. The fourth-order valence-corrected chi connectivity index (χ4v) is 1.75. The molecule has 0 saturated heterocycles. The molecule has 0 radical (unpaired) electrons. The summed E-state index contributed by atoms with van der Waals surface area (Å²) >= 11 is 1.60. The number of thioether (sulfide) groups is 1. The monoisotopic (exact) mass is 244 g/mol. The molecule has 2 rings (SSSR count). The molecule has 0 aliphatic rings. The van der Waals surface area contributed by atoms with Crippen LogP contribution in [0.1, 0.15) is 0 Å². The number of benzene rings is 2. The lowest BCUT2D eigenvalue weighted by Gasteiger charge is -2.00. The summed E-state index contributed by atoms with van der Waals surface area (Å²) in [5.41, 5.74) is 1.25. The molecule has 0 amide bonds. The Morgan fingerprint density at radius 2 is 1.76 bits per heavy atom. The van der Waals surface area contributed by atoms with Crippen molar-refractivity contribution in [1.82, 2.24) is 0 Å². The maximum Gasteiger partial charge on any atom is 0.143 e. The van der Waals surface area contributed by atoms with Crippen LogP contribution in [0.3, 0.4) is 0 Å². The quantitative estimate of drug-likeness (QED) is 0.636. The van der Waals surface area contributed by atoms with E-state index in [1.54, 1.807) is 17.8 Å². The Bertz CT molecular complexity index is 526. The number of hydrogen-bond acceptors (Lipinski definition) is 4. The van der Waals surface area contributed by atoms with Crippen molar-refractivity contribution in [3.63, 3.8) is 0 Å². The van der Waals surface area contributed by atoms with Gasteiger partial charge in [-0.1, -0.05) is 18.2 Å². The molecule has 0 atom stereocenters. The summed E-state index contributed by atoms with van der Waals surface area (Å²) in [6, 6.07) is 14.7. The summed E-state index contributed by atoms with van der Waals surface area (Å²) in [6.07, 6.45) is 1.98. The lowest BCUT2D eigenvalue weighted by Crippen LogP contribution is -1.71. The normalized spacial score (nSPS) is 10.9. The van der Waals surface area contributed by atoms with E-state index in [1.807, 2.05) is 48.7 Å². The van der Waals surface area contributed by atoms with Crippen LogP contribution in [0.4, 0.5) is 11.4 Å². The number of phenolic OH excluding ortho intramolecular Hbond substituents is 1. The van der Waals surface area contributed by atoms with Crippen LogP contribution in [-0.2, 0) is 0 Å². The van der Waals surface area contributed by atoms with E-state index in [9.17, 15) is 5.11 Å². The summed E-state index contributed by atoms with van der Waals surface area (Å²) in [5, 5.41) is 17.8. The molecule has 2 aromatic rings. The van der Waals surface area contributed by atoms with Gasteiger partial charge < -0.3 is 5.11 Å². The first-order valence-electron chi connectivity index (χ1n) is 5.13. The van der Waals surface area contributed by atoms with Gasteiger partial charge in [0.05, 0.1) is 5.69 Å². The summed E-state index contributed by atoms with van der Waals surface area (Å²) in [6.45, 7) is 0. The van der Waals surface area contributed by atoms with E-state index in [0.717, 1.165) is 10.6 Å². The minimum Gasteiger partial charge on any atom is -0.506 e. The maximum atomic E-state index is 9.65. The fraction of sp³-hybridized carbons (Fsp3) is 0.0769. The first-order valence-corrected chi connectivity index (χ1v) is 6.36. The van der Waals surface area contributed by atoms with Crippen LogP contribution in [0.25, 0.3) is 0 Å². The Kier molecular flexibility index (Phi) is 3.77. The molecule has 86 valence electrons. The van der Waals surface area contributed by atoms with Crippen molar-refractivity contribution < 1.29 is 5.11 Å². The second-order valence-electron chi connectivity index (χ2n) is 3.39. The smallest absolute Gasteiger partial charge is 0.143 e. The minimum absolute atomic E-state index is 0.141. The molecule has 3 nitrogen and oxygen atoms in total. The topological polar surface area (TPSA) is 45.0 Å². The first kappa shape index (κ1) is 11.7. The summed E-state index contributed by atoms with van der Waals surface area (Å²) in [5.74, 6) is 0.141. The van der Waals surface area contributed by atoms with E-state index < -0.39 is 0 Å². The standard InChI is InChI=1S/C13H12N2OS/c1-17-11-7-8-13(16)12(9-11)15-14-10-5-3-2-4-6-10/h2-9,16H,1H3. The number of aromatic hydroxyl groups is 1. The van der Waals surface area contributed by atoms with E-state index in [2.05, 4.69) is 10.2 Å². The molecule has 0 aliphatic heterocycles. The van der Waals surface area contributed by atoms with Crippen molar-refractivity contribution in [1.29, 1.82) is 0 Å². The molecule has 0 unspecified atom stereocenters. The highest BCUT2D eigenvalue weighted by Gasteiger charge is 2.01. The molecule has 0 heterocycles. The van der Waals surface area contributed by atoms with Gasteiger partial charge in [-0.25, -0.2) is 0 Å². The zero-order valence-corrected chi connectivity index (χ0v) is 10.2. The van der Waals surface area contributed by atoms with Crippen molar-refractivity contribution in [3.05, 3.63) is 48.5 Å². The third-order valence-corrected chi connectivity index (χ3v) is 2.94. The van der Waals surface area contributed by atoms with Crippen molar-refractivity contribution in [3.8, 4) is 5.75 Å². The Morgan fingerprint density at radius 3 is 2.47 bits per heavy atom. The van der Waals surface area contributed by atoms with Crippen LogP contribution >= 0.6 is 11.8 Å². The SMILES string of the molecule is CSc1ccc(O)c(N=Nc2ccccc2)c1. The van der Waals surface area contributed by atoms with E-state index >= 15 is 0 Å². The Morgan fingerprint density at radius 1 is 1.00 bits per heavy atom. The van der Waals surface area contributed by atoms with E-state index in [4.69, 9.17) is 0 Å². The molecule has 1 N–H and O–H groups in total. The highest BCUT2D eigenvalue weighted by molar-refractivity contribution is 7.98. The van der Waals surface area contributed by atoms with Crippen molar-refractivity contribution in [2.45, 2.75) is 4.90 Å². The zero-order chi connectivity index (χ0) is 12.1. The molecule has 17 heavy (non-hydrogen) atoms. The molecule has 4 heteroatoms. The molecule has 0 fully saturated rings. The number of phenols is 1. The minimum atomic E-state index is 0.141. The van der Waals surface area contributed by atoms with E-state index in [1.165, 1.54) is 0 Å². The molecular formula is C13H12N2OS. The average molecular weight is 244 g/mol. The van der Waals surface area contributed by atoms with Crippen LogP contribution in [0, 0.1) is 0 Å². The van der Waals surface area contributed by atoms with Gasteiger partial charge in [0.15, 0.2) is 0 Å². The summed E-state index contributed by atoms with van der Waals surface area (Å²) < 4.78 is 0. The average Bonchev–Trinajstić information content (AvgIpc) is 2.39. The predicted octanol–water partition coefficient (Wildman–Crippen LogP) is 4.53. The van der Waals surface area contributed by atoms with Gasteiger partial charge in [-0.3, -0.25) is 0 Å². The van der Waals surface area contributed by atoms with Crippen LogP contribution in [0.15, 0.2) is 63.7 Å².